The van der Waals surface area contributed by atoms with E-state index in [9.17, 15) is 4.79 Å². The monoisotopic (exact) mass is 257 g/mol. The molecule has 0 N–H and O–H groups in total. The molecule has 1 amide bonds. The van der Waals surface area contributed by atoms with Crippen LogP contribution in [0.5, 0.6) is 0 Å². The van der Waals surface area contributed by atoms with E-state index in [-0.39, 0.29) is 17.9 Å². The summed E-state index contributed by atoms with van der Waals surface area (Å²) in [4.78, 5) is 13.8. The van der Waals surface area contributed by atoms with Crippen molar-refractivity contribution in [3.8, 4) is 0 Å². The number of nitrogens with zero attached hydrogens (tertiary/aromatic N) is 1. The highest BCUT2D eigenvalue weighted by Gasteiger charge is 2.34. The van der Waals surface area contributed by atoms with E-state index in [1.54, 1.807) is 0 Å². The Labute approximate surface area is 109 Å². The Kier molecular flexibility index (Phi) is 4.74. The highest BCUT2D eigenvalue weighted by molar-refractivity contribution is 7.80. The molecule has 2 aliphatic rings. The largest absolute Gasteiger partial charge is 0.370 e. The van der Waals surface area contributed by atoms with Crippen LogP contribution in [-0.4, -0.2) is 42.9 Å². The van der Waals surface area contributed by atoms with Crippen LogP contribution in [-0.2, 0) is 9.53 Å². The molecular weight excluding hydrogens is 234 g/mol. The summed E-state index contributed by atoms with van der Waals surface area (Å²) in [6.45, 7) is 2.60. The maximum absolute atomic E-state index is 11.8. The van der Waals surface area contributed by atoms with E-state index in [4.69, 9.17) is 4.74 Å². The number of rotatable bonds is 3. The normalized spacial score (nSPS) is 25.7. The smallest absolute Gasteiger partial charge is 0.248 e. The van der Waals surface area contributed by atoms with Gasteiger partial charge in [0.2, 0.25) is 5.91 Å². The first-order valence-corrected chi connectivity index (χ1v) is 7.35. The van der Waals surface area contributed by atoms with Crippen molar-refractivity contribution in [2.45, 2.75) is 38.5 Å². The van der Waals surface area contributed by atoms with E-state index in [2.05, 4.69) is 12.6 Å². The quantitative estimate of drug-likeness (QED) is 0.620. The molecule has 98 valence electrons. The predicted octanol–water partition coefficient (Wildman–Crippen LogP) is 2.12. The van der Waals surface area contributed by atoms with Gasteiger partial charge in [0.05, 0.1) is 6.61 Å². The second-order valence-electron chi connectivity index (χ2n) is 5.44. The molecule has 0 unspecified atom stereocenters. The number of hydrogen-bond acceptors (Lipinski definition) is 3. The van der Waals surface area contributed by atoms with Crippen LogP contribution >= 0.6 is 12.6 Å². The second kappa shape index (κ2) is 6.10. The average molecular weight is 257 g/mol. The summed E-state index contributed by atoms with van der Waals surface area (Å²) >= 11 is 4.56. The van der Waals surface area contributed by atoms with Gasteiger partial charge in [-0.1, -0.05) is 25.7 Å². The average Bonchev–Trinajstić information content (AvgIpc) is 2.58. The van der Waals surface area contributed by atoms with Crippen LogP contribution in [0.15, 0.2) is 0 Å². The van der Waals surface area contributed by atoms with Gasteiger partial charge in [0.1, 0.15) is 6.61 Å². The van der Waals surface area contributed by atoms with Crippen molar-refractivity contribution < 1.29 is 9.53 Å². The molecule has 0 bridgehead atoms. The van der Waals surface area contributed by atoms with Gasteiger partial charge in [-0.15, -0.1) is 0 Å². The molecule has 1 aliphatic heterocycles. The summed E-state index contributed by atoms with van der Waals surface area (Å²) in [5, 5.41) is 0. The third-order valence-electron chi connectivity index (χ3n) is 4.11. The van der Waals surface area contributed by atoms with Crippen molar-refractivity contribution in [1.29, 1.82) is 0 Å². The fourth-order valence-electron chi connectivity index (χ4n) is 2.97. The molecule has 1 saturated heterocycles. The maximum Gasteiger partial charge on any atom is 0.248 e. The van der Waals surface area contributed by atoms with Crippen LogP contribution in [0.4, 0.5) is 0 Å². The van der Waals surface area contributed by atoms with Gasteiger partial charge in [-0.3, -0.25) is 4.79 Å². The Balaban J connectivity index is 1.99. The lowest BCUT2D eigenvalue weighted by atomic mass is 9.81. The minimum Gasteiger partial charge on any atom is -0.370 e. The number of ether oxygens (including phenoxy) is 1. The third kappa shape index (κ3) is 3.38. The molecule has 1 heterocycles. The van der Waals surface area contributed by atoms with Crippen LogP contribution in [0.1, 0.15) is 38.5 Å². The third-order valence-corrected chi connectivity index (χ3v) is 4.78. The van der Waals surface area contributed by atoms with E-state index in [0.717, 1.165) is 18.8 Å². The molecule has 0 spiro atoms. The predicted molar refractivity (Wildman–Crippen MR) is 71.4 cm³/mol. The molecule has 17 heavy (non-hydrogen) atoms. The number of thiol groups is 1. The van der Waals surface area contributed by atoms with E-state index in [1.807, 2.05) is 4.90 Å². The number of hydrogen-bond donors (Lipinski definition) is 1. The molecule has 1 aliphatic carbocycles. The highest BCUT2D eigenvalue weighted by atomic mass is 32.1. The Morgan fingerprint density at radius 3 is 2.53 bits per heavy atom. The highest BCUT2D eigenvalue weighted by Crippen LogP contribution is 2.37. The van der Waals surface area contributed by atoms with Crippen molar-refractivity contribution in [2.75, 3.05) is 32.1 Å². The molecule has 0 radical (unpaired) electrons. The summed E-state index contributed by atoms with van der Waals surface area (Å²) in [6, 6.07) is 0. The lowest BCUT2D eigenvalue weighted by Gasteiger charge is -2.38. The Bertz CT molecular complexity index is 262. The fraction of sp³-hybridized carbons (Fsp3) is 0.923. The van der Waals surface area contributed by atoms with Gasteiger partial charge < -0.3 is 9.64 Å². The van der Waals surface area contributed by atoms with E-state index in [1.165, 1.54) is 38.5 Å². The Hall–Kier alpha value is -0.220. The maximum atomic E-state index is 11.8. The first-order valence-electron chi connectivity index (χ1n) is 6.72. The van der Waals surface area contributed by atoms with Crippen LogP contribution in [0.3, 0.4) is 0 Å². The number of carbonyl (C=O) groups is 1. The van der Waals surface area contributed by atoms with Gasteiger partial charge in [-0.2, -0.15) is 12.6 Å². The number of amides is 1. The summed E-state index contributed by atoms with van der Waals surface area (Å²) in [5.74, 6) is 1.05. The van der Waals surface area contributed by atoms with Crippen molar-refractivity contribution in [3.63, 3.8) is 0 Å². The number of carbonyl (C=O) groups excluding carboxylic acids is 1. The number of morpholine rings is 1. The lowest BCUT2D eigenvalue weighted by Crippen LogP contribution is -2.48. The van der Waals surface area contributed by atoms with E-state index >= 15 is 0 Å². The summed E-state index contributed by atoms with van der Waals surface area (Å²) in [7, 11) is 0. The lowest BCUT2D eigenvalue weighted by molar-refractivity contribution is -0.144. The van der Waals surface area contributed by atoms with Gasteiger partial charge in [0.15, 0.2) is 0 Å². The van der Waals surface area contributed by atoms with Gasteiger partial charge in [0, 0.05) is 13.1 Å². The standard InChI is InChI=1S/C13H23NO2S/c15-12-9-16-8-7-14(12)10-13(11-17)5-3-1-2-4-6-13/h17H,1-11H2. The summed E-state index contributed by atoms with van der Waals surface area (Å²) < 4.78 is 5.18. The Morgan fingerprint density at radius 1 is 1.24 bits per heavy atom. The first-order chi connectivity index (χ1) is 8.26. The van der Waals surface area contributed by atoms with Crippen LogP contribution in [0, 0.1) is 5.41 Å². The molecule has 3 nitrogen and oxygen atoms in total. The zero-order valence-corrected chi connectivity index (χ0v) is 11.4. The van der Waals surface area contributed by atoms with Gasteiger partial charge >= 0.3 is 0 Å². The molecule has 0 aromatic carbocycles. The van der Waals surface area contributed by atoms with Gasteiger partial charge in [-0.05, 0) is 24.0 Å². The molecular formula is C13H23NO2S. The fourth-order valence-corrected chi connectivity index (χ4v) is 3.38. The minimum atomic E-state index is 0.154. The first kappa shape index (κ1) is 13.2. The molecule has 0 aromatic rings. The van der Waals surface area contributed by atoms with Crippen molar-refractivity contribution in [2.24, 2.45) is 5.41 Å². The second-order valence-corrected chi connectivity index (χ2v) is 5.76. The minimum absolute atomic E-state index is 0.154. The van der Waals surface area contributed by atoms with Crippen molar-refractivity contribution in [3.05, 3.63) is 0 Å². The molecule has 2 rings (SSSR count). The Morgan fingerprint density at radius 2 is 1.94 bits per heavy atom. The van der Waals surface area contributed by atoms with Gasteiger partial charge in [-0.25, -0.2) is 0 Å². The van der Waals surface area contributed by atoms with Crippen LogP contribution in [0.2, 0.25) is 0 Å². The van der Waals surface area contributed by atoms with Crippen molar-refractivity contribution in [1.82, 2.24) is 4.90 Å². The summed E-state index contributed by atoms with van der Waals surface area (Å²) in [5.41, 5.74) is 0.257. The van der Waals surface area contributed by atoms with Crippen LogP contribution < -0.4 is 0 Å². The van der Waals surface area contributed by atoms with Crippen molar-refractivity contribution >= 4 is 18.5 Å². The molecule has 1 saturated carbocycles. The SMILES string of the molecule is O=C1COCCN1CC1(CS)CCCCCC1. The molecule has 0 atom stereocenters. The van der Waals surface area contributed by atoms with Gasteiger partial charge in [0.25, 0.3) is 0 Å². The van der Waals surface area contributed by atoms with Crippen LogP contribution in [0.25, 0.3) is 0 Å². The summed E-state index contributed by atoms with van der Waals surface area (Å²) in [6.07, 6.45) is 7.71. The van der Waals surface area contributed by atoms with E-state index < -0.39 is 0 Å². The zero-order valence-electron chi connectivity index (χ0n) is 10.5. The molecule has 2 fully saturated rings. The van der Waals surface area contributed by atoms with E-state index in [0.29, 0.717) is 6.61 Å². The topological polar surface area (TPSA) is 29.5 Å². The molecule has 0 aromatic heterocycles. The molecule has 4 heteroatoms. The zero-order chi connectivity index (χ0) is 12.1.